The summed E-state index contributed by atoms with van der Waals surface area (Å²) in [5.74, 6) is 0. The molecular formula is C66H40N2O3. The summed E-state index contributed by atoms with van der Waals surface area (Å²) >= 11 is 0. The lowest BCUT2D eigenvalue weighted by atomic mass is 10.00. The number of aromatic nitrogens is 1. The first kappa shape index (κ1) is 39.4. The molecule has 0 atom stereocenters. The predicted octanol–water partition coefficient (Wildman–Crippen LogP) is 19.0. The van der Waals surface area contributed by atoms with Crippen LogP contribution in [-0.2, 0) is 0 Å². The van der Waals surface area contributed by atoms with Crippen molar-refractivity contribution in [3.05, 3.63) is 243 Å². The van der Waals surface area contributed by atoms with Crippen LogP contribution in [0.15, 0.2) is 256 Å². The fourth-order valence-corrected chi connectivity index (χ4v) is 11.1. The molecule has 0 spiro atoms. The van der Waals surface area contributed by atoms with Crippen molar-refractivity contribution in [2.24, 2.45) is 0 Å². The summed E-state index contributed by atoms with van der Waals surface area (Å²) in [4.78, 5) is 2.33. The Kier molecular flexibility index (Phi) is 8.59. The molecule has 4 heterocycles. The highest BCUT2D eigenvalue weighted by Gasteiger charge is 2.20. The van der Waals surface area contributed by atoms with E-state index in [1.807, 2.05) is 36.4 Å². The number of benzene rings is 11. The van der Waals surface area contributed by atoms with E-state index in [4.69, 9.17) is 13.3 Å². The van der Waals surface area contributed by atoms with Gasteiger partial charge < -0.3 is 22.7 Å². The van der Waals surface area contributed by atoms with Gasteiger partial charge >= 0.3 is 0 Å². The molecule has 0 aliphatic carbocycles. The van der Waals surface area contributed by atoms with E-state index >= 15 is 0 Å². The van der Waals surface area contributed by atoms with Crippen LogP contribution in [-0.4, -0.2) is 4.57 Å². The van der Waals surface area contributed by atoms with E-state index in [2.05, 4.69) is 216 Å². The van der Waals surface area contributed by atoms with E-state index in [1.54, 1.807) is 0 Å². The summed E-state index contributed by atoms with van der Waals surface area (Å²) in [7, 11) is 0. The van der Waals surface area contributed by atoms with Crippen LogP contribution in [0.3, 0.4) is 0 Å². The van der Waals surface area contributed by atoms with Crippen LogP contribution in [0, 0.1) is 0 Å². The van der Waals surface area contributed by atoms with Gasteiger partial charge in [-0.1, -0.05) is 164 Å². The van der Waals surface area contributed by atoms with Crippen LogP contribution in [0.2, 0.25) is 0 Å². The van der Waals surface area contributed by atoms with Gasteiger partial charge in [-0.25, -0.2) is 0 Å². The zero-order chi connectivity index (χ0) is 46.6. The molecule has 0 fully saturated rings. The van der Waals surface area contributed by atoms with Crippen molar-refractivity contribution in [2.75, 3.05) is 4.90 Å². The quantitative estimate of drug-likeness (QED) is 0.160. The molecule has 332 valence electrons. The summed E-state index contributed by atoms with van der Waals surface area (Å²) < 4.78 is 21.8. The molecule has 0 N–H and O–H groups in total. The molecule has 0 aliphatic rings. The molecule has 0 radical (unpaired) electrons. The second-order valence-electron chi connectivity index (χ2n) is 18.4. The van der Waals surface area contributed by atoms with Crippen LogP contribution < -0.4 is 4.90 Å². The third kappa shape index (κ3) is 6.13. The van der Waals surface area contributed by atoms with Crippen LogP contribution in [0.25, 0.3) is 127 Å². The summed E-state index contributed by atoms with van der Waals surface area (Å²) in [6.07, 6.45) is 0. The largest absolute Gasteiger partial charge is 0.455 e. The summed E-state index contributed by atoms with van der Waals surface area (Å²) in [5.41, 5.74) is 18.4. The third-order valence-corrected chi connectivity index (χ3v) is 14.4. The molecule has 0 unspecified atom stereocenters. The molecule has 71 heavy (non-hydrogen) atoms. The Balaban J connectivity index is 0.826. The van der Waals surface area contributed by atoms with E-state index in [1.165, 1.54) is 10.8 Å². The van der Waals surface area contributed by atoms with Gasteiger partial charge in [-0.15, -0.1) is 0 Å². The third-order valence-electron chi connectivity index (χ3n) is 14.4. The number of furan rings is 3. The highest BCUT2D eigenvalue weighted by molar-refractivity contribution is 6.14. The van der Waals surface area contributed by atoms with Crippen molar-refractivity contribution in [1.29, 1.82) is 0 Å². The average molecular weight is 909 g/mol. The summed E-state index contributed by atoms with van der Waals surface area (Å²) in [6.45, 7) is 0. The van der Waals surface area contributed by atoms with Gasteiger partial charge in [0.15, 0.2) is 5.58 Å². The molecule has 5 nitrogen and oxygen atoms in total. The van der Waals surface area contributed by atoms with Crippen LogP contribution in [0.4, 0.5) is 17.1 Å². The molecule has 0 amide bonds. The smallest absolute Gasteiger partial charge is 0.159 e. The van der Waals surface area contributed by atoms with Crippen LogP contribution >= 0.6 is 0 Å². The molecule has 0 aliphatic heterocycles. The number of hydrogen-bond donors (Lipinski definition) is 0. The number of para-hydroxylation sites is 7. The van der Waals surface area contributed by atoms with Crippen molar-refractivity contribution in [3.63, 3.8) is 0 Å². The molecule has 11 aromatic carbocycles. The van der Waals surface area contributed by atoms with Gasteiger partial charge in [0.2, 0.25) is 0 Å². The predicted molar refractivity (Wildman–Crippen MR) is 294 cm³/mol. The highest BCUT2D eigenvalue weighted by Crippen LogP contribution is 2.43. The van der Waals surface area contributed by atoms with Gasteiger partial charge in [-0.2, -0.15) is 0 Å². The maximum atomic E-state index is 6.56. The maximum absolute atomic E-state index is 6.56. The molecule has 4 aromatic heterocycles. The van der Waals surface area contributed by atoms with E-state index in [0.717, 1.165) is 133 Å². The van der Waals surface area contributed by atoms with Crippen molar-refractivity contribution in [1.82, 2.24) is 4.57 Å². The molecule has 0 saturated carbocycles. The Labute approximate surface area is 407 Å². The normalized spacial score (nSPS) is 11.9. The number of anilines is 3. The van der Waals surface area contributed by atoms with Gasteiger partial charge in [-0.3, -0.25) is 0 Å². The van der Waals surface area contributed by atoms with Gasteiger partial charge in [0.25, 0.3) is 0 Å². The standard InChI is InChI=1S/C66H40N2O3/c1-5-21-58-50(12-1)57-40-44(32-39-59(57)68(58)60-22-11-20-56-53-15-4-8-25-63(53)71-66(56)60)41-26-33-45(34-27-41)67(46-35-28-42(29-36-46)48-16-9-18-54-51-13-2-6-23-61(51)69-64(48)54)47-37-30-43(31-38-47)49-17-10-19-55-52-14-3-7-24-62(52)70-65(49)55/h1-40H. The fraction of sp³-hybridized carbons (Fsp3) is 0. The van der Waals surface area contributed by atoms with Gasteiger partial charge in [0.1, 0.15) is 27.9 Å². The summed E-state index contributed by atoms with van der Waals surface area (Å²) in [5, 5.41) is 9.10. The minimum atomic E-state index is 0.886. The van der Waals surface area contributed by atoms with Crippen molar-refractivity contribution >= 4 is 105 Å². The zero-order valence-electron chi connectivity index (χ0n) is 38.2. The molecule has 15 aromatic rings. The van der Waals surface area contributed by atoms with E-state index < -0.39 is 0 Å². The molecule has 5 heteroatoms. The molecular weight excluding hydrogens is 869 g/mol. The van der Waals surface area contributed by atoms with E-state index in [0.29, 0.717) is 0 Å². The Bertz CT molecular complexity index is 4410. The minimum Gasteiger partial charge on any atom is -0.455 e. The lowest BCUT2D eigenvalue weighted by Gasteiger charge is -2.26. The molecule has 0 bridgehead atoms. The lowest BCUT2D eigenvalue weighted by molar-refractivity contribution is 0.666. The SMILES string of the molecule is c1ccc2c(c1)oc1c(-c3ccc(N(c4ccc(-c5ccc6c(c5)c5ccccc5n6-c5cccc6c5oc5ccccc56)cc4)c4ccc(-c5cccc6c5oc5ccccc56)cc4)cc3)cccc12. The Morgan fingerprint density at radius 1 is 0.268 bits per heavy atom. The highest BCUT2D eigenvalue weighted by atomic mass is 16.3. The average Bonchev–Trinajstić information content (AvgIpc) is 4.21. The van der Waals surface area contributed by atoms with Crippen molar-refractivity contribution in [2.45, 2.75) is 0 Å². The van der Waals surface area contributed by atoms with Crippen LogP contribution in [0.1, 0.15) is 0 Å². The summed E-state index contributed by atoms with van der Waals surface area (Å²) in [6, 6.07) is 86.2. The Hall–Kier alpha value is -9.58. The second-order valence-corrected chi connectivity index (χ2v) is 18.4. The Morgan fingerprint density at radius 2 is 0.662 bits per heavy atom. The van der Waals surface area contributed by atoms with Gasteiger partial charge in [-0.05, 0) is 101 Å². The van der Waals surface area contributed by atoms with Crippen molar-refractivity contribution in [3.8, 4) is 39.1 Å². The van der Waals surface area contributed by atoms with Crippen molar-refractivity contribution < 1.29 is 13.3 Å². The molecule has 15 rings (SSSR count). The second kappa shape index (κ2) is 15.5. The lowest BCUT2D eigenvalue weighted by Crippen LogP contribution is -2.09. The Morgan fingerprint density at radius 3 is 1.20 bits per heavy atom. The number of rotatable bonds is 7. The first-order valence-corrected chi connectivity index (χ1v) is 24.1. The molecule has 0 saturated heterocycles. The monoisotopic (exact) mass is 908 g/mol. The van der Waals surface area contributed by atoms with E-state index in [9.17, 15) is 0 Å². The zero-order valence-corrected chi connectivity index (χ0v) is 38.2. The first-order chi connectivity index (χ1) is 35.2. The fourth-order valence-electron chi connectivity index (χ4n) is 11.1. The number of fused-ring (bicyclic) bond motifs is 12. The number of nitrogens with zero attached hydrogens (tertiary/aromatic N) is 2. The van der Waals surface area contributed by atoms with Crippen LogP contribution in [0.5, 0.6) is 0 Å². The van der Waals surface area contributed by atoms with E-state index in [-0.39, 0.29) is 0 Å². The topological polar surface area (TPSA) is 47.6 Å². The maximum Gasteiger partial charge on any atom is 0.159 e. The minimum absolute atomic E-state index is 0.886. The van der Waals surface area contributed by atoms with Gasteiger partial charge in [0, 0.05) is 71.3 Å². The van der Waals surface area contributed by atoms with Gasteiger partial charge in [0.05, 0.1) is 16.7 Å². The number of hydrogen-bond acceptors (Lipinski definition) is 4. The first-order valence-electron chi connectivity index (χ1n) is 24.1.